The highest BCUT2D eigenvalue weighted by atomic mass is 35.5. The number of amides is 3. The number of hydrogen-bond donors (Lipinski definition) is 1. The highest BCUT2D eigenvalue weighted by Gasteiger charge is 2.36. The van der Waals surface area contributed by atoms with E-state index in [1.807, 2.05) is 4.90 Å². The quantitative estimate of drug-likeness (QED) is 0.849. The molecule has 2 fully saturated rings. The van der Waals surface area contributed by atoms with Crippen LogP contribution in [0.15, 0.2) is 18.2 Å². The molecule has 142 valence electrons. The van der Waals surface area contributed by atoms with E-state index < -0.39 is 5.82 Å². The minimum Gasteiger partial charge on any atom is -0.339 e. The molecule has 3 amide bonds. The number of rotatable bonds is 5. The Morgan fingerprint density at radius 1 is 1.38 bits per heavy atom. The molecule has 1 aromatic rings. The van der Waals surface area contributed by atoms with E-state index in [1.165, 1.54) is 18.9 Å². The number of benzene rings is 1. The van der Waals surface area contributed by atoms with Crippen molar-refractivity contribution in [3.63, 3.8) is 0 Å². The Labute approximate surface area is 158 Å². The zero-order chi connectivity index (χ0) is 18.7. The summed E-state index contributed by atoms with van der Waals surface area (Å²) in [4.78, 5) is 28.1. The van der Waals surface area contributed by atoms with Gasteiger partial charge in [-0.15, -0.1) is 0 Å². The van der Waals surface area contributed by atoms with Gasteiger partial charge in [0, 0.05) is 50.6 Å². The SMILES string of the molecule is CN(CC1CC(=O)N(C2CCCC2)C1)C(=O)NCc1cccc(Cl)c1F. The van der Waals surface area contributed by atoms with E-state index in [0.29, 0.717) is 24.6 Å². The predicted octanol–water partition coefficient (Wildman–Crippen LogP) is 3.41. The van der Waals surface area contributed by atoms with E-state index >= 15 is 0 Å². The van der Waals surface area contributed by atoms with Crippen LogP contribution in [0.3, 0.4) is 0 Å². The number of urea groups is 1. The lowest BCUT2D eigenvalue weighted by atomic mass is 10.1. The van der Waals surface area contributed by atoms with Crippen molar-refractivity contribution in [3.05, 3.63) is 34.6 Å². The second-order valence-corrected chi connectivity index (χ2v) is 7.71. The number of hydrogen-bond acceptors (Lipinski definition) is 2. The summed E-state index contributed by atoms with van der Waals surface area (Å²) in [6.45, 7) is 1.32. The van der Waals surface area contributed by atoms with E-state index in [0.717, 1.165) is 19.4 Å². The molecule has 3 rings (SSSR count). The second-order valence-electron chi connectivity index (χ2n) is 7.31. The molecule has 7 heteroatoms. The van der Waals surface area contributed by atoms with Crippen LogP contribution in [0.4, 0.5) is 9.18 Å². The van der Waals surface area contributed by atoms with Crippen LogP contribution in [0.1, 0.15) is 37.7 Å². The third kappa shape index (κ3) is 4.29. The first-order valence-corrected chi connectivity index (χ1v) is 9.55. The highest BCUT2D eigenvalue weighted by molar-refractivity contribution is 6.30. The van der Waals surface area contributed by atoms with Gasteiger partial charge in [-0.1, -0.05) is 36.6 Å². The van der Waals surface area contributed by atoms with E-state index in [-0.39, 0.29) is 29.4 Å². The molecule has 1 aliphatic heterocycles. The molecular weight excluding hydrogens is 357 g/mol. The number of carbonyl (C=O) groups is 2. The fraction of sp³-hybridized carbons (Fsp3) is 0.579. The van der Waals surface area contributed by atoms with Gasteiger partial charge in [0.25, 0.3) is 0 Å². The van der Waals surface area contributed by atoms with Gasteiger partial charge in [0.2, 0.25) is 5.91 Å². The lowest BCUT2D eigenvalue weighted by molar-refractivity contribution is -0.129. The van der Waals surface area contributed by atoms with Gasteiger partial charge in [-0.05, 0) is 18.9 Å². The van der Waals surface area contributed by atoms with Gasteiger partial charge >= 0.3 is 6.03 Å². The number of halogens is 2. The minimum atomic E-state index is -0.509. The first-order valence-electron chi connectivity index (χ1n) is 9.17. The molecule has 0 spiro atoms. The molecule has 1 saturated heterocycles. The lowest BCUT2D eigenvalue weighted by Gasteiger charge is -2.25. The average molecular weight is 382 g/mol. The third-order valence-electron chi connectivity index (χ3n) is 5.34. The summed E-state index contributed by atoms with van der Waals surface area (Å²) in [6.07, 6.45) is 5.08. The van der Waals surface area contributed by atoms with Crippen molar-refractivity contribution in [1.82, 2.24) is 15.1 Å². The standard InChI is InChI=1S/C19H25ClFN3O2/c1-23(19(26)22-10-14-5-4-8-16(20)18(14)21)11-13-9-17(25)24(12-13)15-6-2-3-7-15/h4-5,8,13,15H,2-3,6-7,9-12H2,1H3,(H,22,26). The normalized spacial score (nSPS) is 20.7. The Kier molecular flexibility index (Phi) is 6.01. The van der Waals surface area contributed by atoms with Gasteiger partial charge in [-0.3, -0.25) is 4.79 Å². The van der Waals surface area contributed by atoms with Crippen LogP contribution in [0.25, 0.3) is 0 Å². The van der Waals surface area contributed by atoms with Crippen molar-refractivity contribution >= 4 is 23.5 Å². The summed E-state index contributed by atoms with van der Waals surface area (Å²) in [5.41, 5.74) is 0.350. The van der Waals surface area contributed by atoms with Crippen molar-refractivity contribution in [3.8, 4) is 0 Å². The van der Waals surface area contributed by atoms with Gasteiger partial charge in [-0.2, -0.15) is 0 Å². The molecule has 1 aromatic carbocycles. The Bertz CT molecular complexity index is 679. The Hall–Kier alpha value is -1.82. The lowest BCUT2D eigenvalue weighted by Crippen LogP contribution is -2.40. The van der Waals surface area contributed by atoms with Gasteiger partial charge in [0.05, 0.1) is 5.02 Å². The summed E-state index contributed by atoms with van der Waals surface area (Å²) >= 11 is 5.75. The number of likely N-dealkylation sites (tertiary alicyclic amines) is 1. The Morgan fingerprint density at radius 3 is 2.85 bits per heavy atom. The van der Waals surface area contributed by atoms with E-state index in [4.69, 9.17) is 11.6 Å². The van der Waals surface area contributed by atoms with Crippen LogP contribution < -0.4 is 5.32 Å². The monoisotopic (exact) mass is 381 g/mol. The molecule has 0 radical (unpaired) electrons. The summed E-state index contributed by atoms with van der Waals surface area (Å²) in [5.74, 6) is -0.149. The van der Waals surface area contributed by atoms with Crippen LogP contribution in [-0.2, 0) is 11.3 Å². The van der Waals surface area contributed by atoms with E-state index in [1.54, 1.807) is 24.1 Å². The minimum absolute atomic E-state index is 0.0431. The molecule has 1 aliphatic carbocycles. The molecule has 1 N–H and O–H groups in total. The molecular formula is C19H25ClFN3O2. The van der Waals surface area contributed by atoms with Crippen LogP contribution in [0.5, 0.6) is 0 Å². The number of nitrogens with zero attached hydrogens (tertiary/aromatic N) is 2. The molecule has 1 unspecified atom stereocenters. The van der Waals surface area contributed by atoms with Gasteiger partial charge in [-0.25, -0.2) is 9.18 Å². The van der Waals surface area contributed by atoms with Crippen molar-refractivity contribution < 1.29 is 14.0 Å². The van der Waals surface area contributed by atoms with Crippen molar-refractivity contribution in [2.45, 2.75) is 44.7 Å². The summed E-state index contributed by atoms with van der Waals surface area (Å²) < 4.78 is 13.9. The van der Waals surface area contributed by atoms with Gasteiger partial charge in [0.15, 0.2) is 0 Å². The third-order valence-corrected chi connectivity index (χ3v) is 5.64. The van der Waals surface area contributed by atoms with Crippen molar-refractivity contribution in [2.75, 3.05) is 20.1 Å². The van der Waals surface area contributed by atoms with Gasteiger partial charge < -0.3 is 15.1 Å². The summed E-state index contributed by atoms with van der Waals surface area (Å²) in [6, 6.07) is 4.82. The number of nitrogens with one attached hydrogen (secondary N) is 1. The first-order chi connectivity index (χ1) is 12.5. The molecule has 1 heterocycles. The average Bonchev–Trinajstić information content (AvgIpc) is 3.25. The highest BCUT2D eigenvalue weighted by Crippen LogP contribution is 2.29. The molecule has 1 atom stereocenters. The van der Waals surface area contributed by atoms with Gasteiger partial charge in [0.1, 0.15) is 5.82 Å². The first kappa shape index (κ1) is 19.0. The fourth-order valence-corrected chi connectivity index (χ4v) is 4.15. The van der Waals surface area contributed by atoms with Crippen molar-refractivity contribution in [2.24, 2.45) is 5.92 Å². The van der Waals surface area contributed by atoms with Crippen LogP contribution in [0.2, 0.25) is 5.02 Å². The molecule has 26 heavy (non-hydrogen) atoms. The second kappa shape index (κ2) is 8.25. The smallest absolute Gasteiger partial charge is 0.317 e. The Morgan fingerprint density at radius 2 is 2.12 bits per heavy atom. The number of carbonyl (C=O) groups excluding carboxylic acids is 2. The Balaban J connectivity index is 1.48. The zero-order valence-corrected chi connectivity index (χ0v) is 15.8. The van der Waals surface area contributed by atoms with Crippen molar-refractivity contribution in [1.29, 1.82) is 0 Å². The van der Waals surface area contributed by atoms with Crippen LogP contribution in [0, 0.1) is 11.7 Å². The zero-order valence-electron chi connectivity index (χ0n) is 15.0. The molecule has 0 aromatic heterocycles. The van der Waals surface area contributed by atoms with E-state index in [2.05, 4.69) is 5.32 Å². The predicted molar refractivity (Wildman–Crippen MR) is 98.4 cm³/mol. The topological polar surface area (TPSA) is 52.7 Å². The molecule has 5 nitrogen and oxygen atoms in total. The summed E-state index contributed by atoms with van der Waals surface area (Å²) in [5, 5.41) is 2.75. The fourth-order valence-electron chi connectivity index (χ4n) is 3.96. The van der Waals surface area contributed by atoms with Crippen LogP contribution in [-0.4, -0.2) is 47.9 Å². The molecule has 2 aliphatic rings. The largest absolute Gasteiger partial charge is 0.339 e. The molecule has 0 bridgehead atoms. The summed E-state index contributed by atoms with van der Waals surface area (Å²) in [7, 11) is 1.70. The molecule has 1 saturated carbocycles. The maximum Gasteiger partial charge on any atom is 0.317 e. The van der Waals surface area contributed by atoms with E-state index in [9.17, 15) is 14.0 Å². The maximum atomic E-state index is 13.9. The maximum absolute atomic E-state index is 13.9. The van der Waals surface area contributed by atoms with Crippen LogP contribution >= 0.6 is 11.6 Å².